The molecule has 1 amide bonds. The van der Waals surface area contributed by atoms with E-state index in [2.05, 4.69) is 17.4 Å². The standard InChI is InChI=1S/C16H13NOS2/c18-15-13(11-7-3-1-4-8-11)14(20-16(19)17-15)12-9-5-2-6-10-12/h1-10,13-14H,(H,17,18,19)/t13-,14-/m0/s1. The highest BCUT2D eigenvalue weighted by atomic mass is 32.2. The second kappa shape index (κ2) is 5.77. The molecule has 1 saturated heterocycles. The molecule has 0 bridgehead atoms. The molecule has 0 saturated carbocycles. The summed E-state index contributed by atoms with van der Waals surface area (Å²) in [5, 5.41) is 2.81. The van der Waals surface area contributed by atoms with Crippen LogP contribution in [-0.4, -0.2) is 10.2 Å². The van der Waals surface area contributed by atoms with Crippen LogP contribution in [0.4, 0.5) is 0 Å². The number of carbonyl (C=O) groups excluding carboxylic acids is 1. The van der Waals surface area contributed by atoms with Gasteiger partial charge in [0.15, 0.2) is 0 Å². The lowest BCUT2D eigenvalue weighted by Crippen LogP contribution is -2.39. The molecule has 0 radical (unpaired) electrons. The average molecular weight is 299 g/mol. The zero-order valence-electron chi connectivity index (χ0n) is 10.7. The van der Waals surface area contributed by atoms with Crippen LogP contribution in [0.25, 0.3) is 0 Å². The first-order valence-corrected chi connectivity index (χ1v) is 7.66. The van der Waals surface area contributed by atoms with Gasteiger partial charge in [-0.2, -0.15) is 0 Å². The number of rotatable bonds is 2. The van der Waals surface area contributed by atoms with Gasteiger partial charge >= 0.3 is 0 Å². The van der Waals surface area contributed by atoms with Crippen LogP contribution >= 0.6 is 24.0 Å². The molecule has 1 aliphatic rings. The van der Waals surface area contributed by atoms with Crippen LogP contribution in [-0.2, 0) is 4.79 Å². The van der Waals surface area contributed by atoms with E-state index in [-0.39, 0.29) is 17.1 Å². The quantitative estimate of drug-likeness (QED) is 0.858. The van der Waals surface area contributed by atoms with E-state index in [1.54, 1.807) is 11.8 Å². The van der Waals surface area contributed by atoms with E-state index >= 15 is 0 Å². The van der Waals surface area contributed by atoms with Gasteiger partial charge in [0.25, 0.3) is 0 Å². The predicted octanol–water partition coefficient (Wildman–Crippen LogP) is 3.66. The number of thiocarbonyl (C=S) groups is 1. The molecule has 1 heterocycles. The molecule has 0 aliphatic carbocycles. The minimum atomic E-state index is -0.213. The Balaban J connectivity index is 2.03. The van der Waals surface area contributed by atoms with Crippen molar-refractivity contribution in [1.82, 2.24) is 5.32 Å². The first kappa shape index (κ1) is 13.3. The molecule has 2 aromatic rings. The molecule has 20 heavy (non-hydrogen) atoms. The third-order valence-corrected chi connectivity index (χ3v) is 4.84. The Bertz CT molecular complexity index is 627. The topological polar surface area (TPSA) is 29.1 Å². The van der Waals surface area contributed by atoms with Crippen LogP contribution in [0.1, 0.15) is 22.3 Å². The number of hydrogen-bond acceptors (Lipinski definition) is 3. The van der Waals surface area contributed by atoms with Crippen molar-refractivity contribution < 1.29 is 4.79 Å². The van der Waals surface area contributed by atoms with Gasteiger partial charge in [-0.15, -0.1) is 0 Å². The summed E-state index contributed by atoms with van der Waals surface area (Å²) in [5.41, 5.74) is 2.15. The fourth-order valence-corrected chi connectivity index (χ4v) is 3.93. The smallest absolute Gasteiger partial charge is 0.234 e. The first-order valence-electron chi connectivity index (χ1n) is 6.37. The Morgan fingerprint density at radius 3 is 2.05 bits per heavy atom. The second-order valence-electron chi connectivity index (χ2n) is 4.61. The van der Waals surface area contributed by atoms with Gasteiger partial charge in [-0.05, 0) is 11.1 Å². The molecule has 1 fully saturated rings. The van der Waals surface area contributed by atoms with Crippen LogP contribution in [0, 0.1) is 0 Å². The van der Waals surface area contributed by atoms with Gasteiger partial charge in [0.2, 0.25) is 5.91 Å². The maximum Gasteiger partial charge on any atom is 0.234 e. The first-order chi connectivity index (χ1) is 9.75. The normalized spacial score (nSPS) is 22.4. The number of carbonyl (C=O) groups is 1. The van der Waals surface area contributed by atoms with E-state index in [9.17, 15) is 4.79 Å². The third-order valence-electron chi connectivity index (χ3n) is 3.33. The third kappa shape index (κ3) is 2.62. The van der Waals surface area contributed by atoms with E-state index in [1.165, 1.54) is 0 Å². The van der Waals surface area contributed by atoms with E-state index in [0.717, 1.165) is 11.1 Å². The minimum Gasteiger partial charge on any atom is -0.311 e. The minimum absolute atomic E-state index is 0.0196. The SMILES string of the molecule is O=C1NC(=S)S[C@@H](c2ccccc2)[C@@H]1c1ccccc1. The Morgan fingerprint density at radius 2 is 1.45 bits per heavy atom. The monoisotopic (exact) mass is 299 g/mol. The molecule has 2 atom stereocenters. The molecule has 0 unspecified atom stereocenters. The number of benzene rings is 2. The van der Waals surface area contributed by atoms with E-state index in [1.807, 2.05) is 48.5 Å². The molecule has 0 aromatic heterocycles. The number of thioether (sulfide) groups is 1. The van der Waals surface area contributed by atoms with Crippen molar-refractivity contribution >= 4 is 34.2 Å². The Kier molecular flexibility index (Phi) is 3.85. The van der Waals surface area contributed by atoms with Crippen molar-refractivity contribution in [2.45, 2.75) is 11.2 Å². The summed E-state index contributed by atoms with van der Waals surface area (Å²) in [6, 6.07) is 19.9. The van der Waals surface area contributed by atoms with Gasteiger partial charge in [0, 0.05) is 0 Å². The van der Waals surface area contributed by atoms with E-state index in [4.69, 9.17) is 12.2 Å². The maximum absolute atomic E-state index is 12.4. The summed E-state index contributed by atoms with van der Waals surface area (Å²) >= 11 is 6.74. The molecule has 3 rings (SSSR count). The second-order valence-corrected chi connectivity index (χ2v) is 6.43. The lowest BCUT2D eigenvalue weighted by molar-refractivity contribution is -0.121. The molecular weight excluding hydrogens is 286 g/mol. The number of hydrogen-bond donors (Lipinski definition) is 1. The fraction of sp³-hybridized carbons (Fsp3) is 0.125. The number of nitrogens with one attached hydrogen (secondary N) is 1. The highest BCUT2D eigenvalue weighted by Gasteiger charge is 2.36. The summed E-state index contributed by atoms with van der Waals surface area (Å²) < 4.78 is 0.552. The van der Waals surface area contributed by atoms with Crippen molar-refractivity contribution in [3.63, 3.8) is 0 Å². The molecule has 1 aliphatic heterocycles. The summed E-state index contributed by atoms with van der Waals surface area (Å²) in [6.07, 6.45) is 0. The van der Waals surface area contributed by atoms with Gasteiger partial charge < -0.3 is 5.32 Å². The zero-order valence-corrected chi connectivity index (χ0v) is 12.3. The van der Waals surface area contributed by atoms with Crippen molar-refractivity contribution in [2.24, 2.45) is 0 Å². The van der Waals surface area contributed by atoms with Crippen LogP contribution < -0.4 is 5.32 Å². The molecule has 1 N–H and O–H groups in total. The highest BCUT2D eigenvalue weighted by Crippen LogP contribution is 2.44. The number of amides is 1. The molecular formula is C16H13NOS2. The molecule has 4 heteroatoms. The van der Waals surface area contributed by atoms with Crippen LogP contribution in [0.2, 0.25) is 0 Å². The van der Waals surface area contributed by atoms with Gasteiger partial charge in [-0.25, -0.2) is 0 Å². The summed E-state index contributed by atoms with van der Waals surface area (Å²) in [6.45, 7) is 0. The lowest BCUT2D eigenvalue weighted by Gasteiger charge is -2.31. The Morgan fingerprint density at radius 1 is 0.900 bits per heavy atom. The van der Waals surface area contributed by atoms with Crippen LogP contribution in [0.3, 0.4) is 0 Å². The van der Waals surface area contributed by atoms with Gasteiger partial charge in [-0.3, -0.25) is 4.79 Å². The predicted molar refractivity (Wildman–Crippen MR) is 86.7 cm³/mol. The summed E-state index contributed by atoms with van der Waals surface area (Å²) in [7, 11) is 0. The van der Waals surface area contributed by atoms with Crippen molar-refractivity contribution in [3.05, 3.63) is 71.8 Å². The van der Waals surface area contributed by atoms with Gasteiger partial charge in [0.1, 0.15) is 4.32 Å². The lowest BCUT2D eigenvalue weighted by atomic mass is 9.90. The van der Waals surface area contributed by atoms with Crippen molar-refractivity contribution in [2.75, 3.05) is 0 Å². The zero-order chi connectivity index (χ0) is 13.9. The van der Waals surface area contributed by atoms with Crippen molar-refractivity contribution in [1.29, 1.82) is 0 Å². The largest absolute Gasteiger partial charge is 0.311 e. The van der Waals surface area contributed by atoms with E-state index in [0.29, 0.717) is 4.32 Å². The summed E-state index contributed by atoms with van der Waals surface area (Å²) in [5.74, 6) is -0.232. The molecule has 0 spiro atoms. The Labute approximate surface area is 127 Å². The molecule has 100 valence electrons. The highest BCUT2D eigenvalue weighted by molar-refractivity contribution is 8.23. The van der Waals surface area contributed by atoms with Crippen LogP contribution in [0.5, 0.6) is 0 Å². The fourth-order valence-electron chi connectivity index (χ4n) is 2.42. The maximum atomic E-state index is 12.4. The van der Waals surface area contributed by atoms with Gasteiger partial charge in [0.05, 0.1) is 11.2 Å². The van der Waals surface area contributed by atoms with Crippen LogP contribution in [0.15, 0.2) is 60.7 Å². The molecule has 2 nitrogen and oxygen atoms in total. The van der Waals surface area contributed by atoms with E-state index < -0.39 is 0 Å². The van der Waals surface area contributed by atoms with Gasteiger partial charge in [-0.1, -0.05) is 84.6 Å². The summed E-state index contributed by atoms with van der Waals surface area (Å²) in [4.78, 5) is 12.4. The Hall–Kier alpha value is -1.65. The van der Waals surface area contributed by atoms with Crippen molar-refractivity contribution in [3.8, 4) is 0 Å². The average Bonchev–Trinajstić information content (AvgIpc) is 2.48. The molecule has 2 aromatic carbocycles.